The van der Waals surface area contributed by atoms with Crippen LogP contribution in [0.15, 0.2) is 60.3 Å². The van der Waals surface area contributed by atoms with E-state index < -0.39 is 0 Å². The molecule has 0 saturated carbocycles. The predicted octanol–water partition coefficient (Wildman–Crippen LogP) is 4.39. The molecule has 0 radical (unpaired) electrons. The highest BCUT2D eigenvalue weighted by molar-refractivity contribution is 5.60. The van der Waals surface area contributed by atoms with Crippen molar-refractivity contribution in [2.75, 3.05) is 13.7 Å². The number of rotatable bonds is 6. The Kier molecular flexibility index (Phi) is 5.83. The van der Waals surface area contributed by atoms with Crippen LogP contribution in [0.25, 0.3) is 6.08 Å². The number of ether oxygens (including phenoxy) is 2. The van der Waals surface area contributed by atoms with Crippen molar-refractivity contribution < 1.29 is 9.47 Å². The van der Waals surface area contributed by atoms with Crippen LogP contribution in [-0.2, 0) is 11.3 Å². The van der Waals surface area contributed by atoms with Crippen LogP contribution in [0.4, 0.5) is 0 Å². The van der Waals surface area contributed by atoms with Crippen LogP contribution < -0.4 is 4.74 Å². The summed E-state index contributed by atoms with van der Waals surface area (Å²) in [5.41, 5.74) is 6.55. The van der Waals surface area contributed by atoms with Gasteiger partial charge >= 0.3 is 0 Å². The zero-order valence-corrected chi connectivity index (χ0v) is 12.5. The Morgan fingerprint density at radius 2 is 1.86 bits per heavy atom. The molecule has 2 heteroatoms. The lowest BCUT2D eigenvalue weighted by molar-refractivity contribution is 0.149. The quantitative estimate of drug-likeness (QED) is 0.577. The van der Waals surface area contributed by atoms with E-state index in [0.29, 0.717) is 13.2 Å². The highest BCUT2D eigenvalue weighted by atomic mass is 16.5. The molecular weight excluding hydrogens is 260 g/mol. The van der Waals surface area contributed by atoms with Gasteiger partial charge in [-0.1, -0.05) is 42.5 Å². The molecule has 0 heterocycles. The predicted molar refractivity (Wildman–Crippen MR) is 86.4 cm³/mol. The SMILES string of the molecule is COc1cccc(C)c1C=C=CCOCc1ccccc1. The maximum atomic E-state index is 5.58. The molecule has 2 nitrogen and oxygen atoms in total. The number of hydrogen-bond acceptors (Lipinski definition) is 2. The third-order valence-corrected chi connectivity index (χ3v) is 3.16. The van der Waals surface area contributed by atoms with Crippen LogP contribution in [-0.4, -0.2) is 13.7 Å². The fourth-order valence-corrected chi connectivity index (χ4v) is 2.02. The summed E-state index contributed by atoms with van der Waals surface area (Å²) in [4.78, 5) is 0. The van der Waals surface area contributed by atoms with E-state index in [4.69, 9.17) is 9.47 Å². The van der Waals surface area contributed by atoms with Gasteiger partial charge in [-0.25, -0.2) is 0 Å². The monoisotopic (exact) mass is 280 g/mol. The standard InChI is InChI=1S/C19H20O2/c1-16-9-8-13-19(20-2)18(16)12-6-7-14-21-15-17-10-4-3-5-11-17/h3-5,7-13H,14-15H2,1-2H3. The molecule has 0 atom stereocenters. The number of benzene rings is 2. The Labute approximate surface area is 126 Å². The van der Waals surface area contributed by atoms with Crippen molar-refractivity contribution in [3.8, 4) is 5.75 Å². The number of methoxy groups -OCH3 is 1. The molecule has 0 spiro atoms. The zero-order chi connectivity index (χ0) is 14.9. The lowest BCUT2D eigenvalue weighted by atomic mass is 10.1. The zero-order valence-electron chi connectivity index (χ0n) is 12.5. The van der Waals surface area contributed by atoms with E-state index in [9.17, 15) is 0 Å². The summed E-state index contributed by atoms with van der Waals surface area (Å²) in [5, 5.41) is 0. The highest BCUT2D eigenvalue weighted by Gasteiger charge is 2.00. The molecule has 0 aliphatic carbocycles. The molecule has 0 saturated heterocycles. The molecule has 2 aromatic rings. The second-order valence-electron chi connectivity index (χ2n) is 4.71. The van der Waals surface area contributed by atoms with E-state index in [1.165, 1.54) is 11.1 Å². The first-order valence-electron chi connectivity index (χ1n) is 6.97. The molecule has 0 bridgehead atoms. The summed E-state index contributed by atoms with van der Waals surface area (Å²) < 4.78 is 10.9. The van der Waals surface area contributed by atoms with E-state index in [1.807, 2.05) is 42.5 Å². The average Bonchev–Trinajstić information content (AvgIpc) is 2.52. The topological polar surface area (TPSA) is 18.5 Å². The first kappa shape index (κ1) is 15.1. The van der Waals surface area contributed by atoms with Gasteiger partial charge in [0.1, 0.15) is 5.75 Å². The third-order valence-electron chi connectivity index (χ3n) is 3.16. The summed E-state index contributed by atoms with van der Waals surface area (Å²) in [6, 6.07) is 16.1. The maximum Gasteiger partial charge on any atom is 0.126 e. The van der Waals surface area contributed by atoms with Gasteiger partial charge in [-0.2, -0.15) is 0 Å². The number of hydrogen-bond donors (Lipinski definition) is 0. The summed E-state index contributed by atoms with van der Waals surface area (Å²) in [6.45, 7) is 3.22. The number of aryl methyl sites for hydroxylation is 1. The van der Waals surface area contributed by atoms with Crippen molar-refractivity contribution in [1.29, 1.82) is 0 Å². The van der Waals surface area contributed by atoms with Crippen molar-refractivity contribution >= 4 is 6.08 Å². The van der Waals surface area contributed by atoms with E-state index >= 15 is 0 Å². The van der Waals surface area contributed by atoms with Gasteiger partial charge in [0.25, 0.3) is 0 Å². The van der Waals surface area contributed by atoms with Gasteiger partial charge in [-0.3, -0.25) is 0 Å². The van der Waals surface area contributed by atoms with Gasteiger partial charge in [0.15, 0.2) is 0 Å². The first-order chi connectivity index (χ1) is 10.3. The fraction of sp³-hybridized carbons (Fsp3) is 0.211. The fourth-order valence-electron chi connectivity index (χ4n) is 2.02. The summed E-state index contributed by atoms with van der Waals surface area (Å²) >= 11 is 0. The minimum absolute atomic E-state index is 0.541. The van der Waals surface area contributed by atoms with Crippen LogP contribution in [0.1, 0.15) is 16.7 Å². The molecule has 0 unspecified atom stereocenters. The molecule has 0 fully saturated rings. The van der Waals surface area contributed by atoms with Crippen molar-refractivity contribution in [2.45, 2.75) is 13.5 Å². The molecule has 0 amide bonds. The maximum absolute atomic E-state index is 5.58. The average molecular weight is 280 g/mol. The van der Waals surface area contributed by atoms with Crippen molar-refractivity contribution in [3.05, 3.63) is 77.0 Å². The Morgan fingerprint density at radius 3 is 2.62 bits per heavy atom. The molecule has 0 aromatic heterocycles. The minimum Gasteiger partial charge on any atom is -0.496 e. The molecule has 21 heavy (non-hydrogen) atoms. The Morgan fingerprint density at radius 1 is 1.05 bits per heavy atom. The molecular formula is C19H20O2. The Hall–Kier alpha value is -2.28. The van der Waals surface area contributed by atoms with Gasteiger partial charge in [0.2, 0.25) is 0 Å². The first-order valence-corrected chi connectivity index (χ1v) is 6.97. The van der Waals surface area contributed by atoms with Crippen molar-refractivity contribution in [3.63, 3.8) is 0 Å². The third kappa shape index (κ3) is 4.64. The lowest BCUT2D eigenvalue weighted by Gasteiger charge is -2.06. The Balaban J connectivity index is 1.90. The van der Waals surface area contributed by atoms with Gasteiger partial charge in [0.05, 0.1) is 20.3 Å². The van der Waals surface area contributed by atoms with Gasteiger partial charge in [-0.15, -0.1) is 5.73 Å². The molecule has 0 aliphatic rings. The molecule has 0 N–H and O–H groups in total. The van der Waals surface area contributed by atoms with E-state index in [1.54, 1.807) is 7.11 Å². The van der Waals surface area contributed by atoms with Crippen molar-refractivity contribution in [1.82, 2.24) is 0 Å². The summed E-state index contributed by atoms with van der Waals surface area (Å²) in [6.07, 6.45) is 3.81. The smallest absolute Gasteiger partial charge is 0.126 e. The van der Waals surface area contributed by atoms with Gasteiger partial charge in [0, 0.05) is 5.56 Å². The normalized spacial score (nSPS) is 9.81. The van der Waals surface area contributed by atoms with Crippen LogP contribution in [0.2, 0.25) is 0 Å². The van der Waals surface area contributed by atoms with E-state index in [-0.39, 0.29) is 0 Å². The summed E-state index contributed by atoms with van der Waals surface area (Å²) in [5.74, 6) is 0.862. The summed E-state index contributed by atoms with van der Waals surface area (Å²) in [7, 11) is 1.68. The second-order valence-corrected chi connectivity index (χ2v) is 4.71. The second kappa shape index (κ2) is 8.11. The molecule has 0 aliphatic heterocycles. The molecule has 2 rings (SSSR count). The van der Waals surface area contributed by atoms with E-state index in [0.717, 1.165) is 11.3 Å². The highest BCUT2D eigenvalue weighted by Crippen LogP contribution is 2.22. The van der Waals surface area contributed by atoms with Crippen LogP contribution in [0, 0.1) is 6.92 Å². The molecule has 2 aromatic carbocycles. The lowest BCUT2D eigenvalue weighted by Crippen LogP contribution is -1.91. The largest absolute Gasteiger partial charge is 0.496 e. The van der Waals surface area contributed by atoms with Gasteiger partial charge < -0.3 is 9.47 Å². The van der Waals surface area contributed by atoms with E-state index in [2.05, 4.69) is 30.9 Å². The van der Waals surface area contributed by atoms with Crippen LogP contribution in [0.5, 0.6) is 5.75 Å². The van der Waals surface area contributed by atoms with Gasteiger partial charge in [-0.05, 0) is 36.3 Å². The minimum atomic E-state index is 0.541. The van der Waals surface area contributed by atoms with Crippen LogP contribution in [0.3, 0.4) is 0 Å². The Bertz CT molecular complexity index is 623. The van der Waals surface area contributed by atoms with Crippen LogP contribution >= 0.6 is 0 Å². The molecule has 108 valence electrons. The van der Waals surface area contributed by atoms with Crippen molar-refractivity contribution in [2.24, 2.45) is 0 Å².